The van der Waals surface area contributed by atoms with Crippen LogP contribution in [0.15, 0.2) is 61.1 Å². The molecule has 3 nitrogen and oxygen atoms in total. The summed E-state index contributed by atoms with van der Waals surface area (Å²) in [5.74, 6) is 0. The molecule has 2 aromatic heterocycles. The first-order valence-electron chi connectivity index (χ1n) is 6.96. The average molecular weight is 261 g/mol. The molecule has 1 aliphatic carbocycles. The second kappa shape index (κ2) is 4.60. The molecule has 0 unspecified atom stereocenters. The van der Waals surface area contributed by atoms with Gasteiger partial charge in [0.05, 0.1) is 17.9 Å². The minimum absolute atomic E-state index is 0.624. The van der Waals surface area contributed by atoms with Crippen LogP contribution in [0.2, 0.25) is 0 Å². The van der Waals surface area contributed by atoms with Crippen molar-refractivity contribution in [2.24, 2.45) is 0 Å². The smallest absolute Gasteiger partial charge is 0.0708 e. The van der Waals surface area contributed by atoms with Gasteiger partial charge in [-0.3, -0.25) is 9.67 Å². The third-order valence-electron chi connectivity index (χ3n) is 3.69. The minimum Gasteiger partial charge on any atom is -0.269 e. The summed E-state index contributed by atoms with van der Waals surface area (Å²) >= 11 is 0. The van der Waals surface area contributed by atoms with Crippen molar-refractivity contribution in [3.05, 3.63) is 61.1 Å². The fraction of sp³-hybridized carbons (Fsp3) is 0.176. The maximum atomic E-state index is 4.46. The van der Waals surface area contributed by atoms with Crippen LogP contribution in [0.1, 0.15) is 18.9 Å². The molecule has 0 aliphatic heterocycles. The fourth-order valence-corrected chi connectivity index (χ4v) is 2.40. The standard InChI is InChI=1S/C17H15N3/c1-2-4-13(5-3-1)17-10-14(8-9-18-17)15-11-19-20(12-15)16-6-7-16/h1-5,8-12,16H,6-7H2. The summed E-state index contributed by atoms with van der Waals surface area (Å²) < 4.78 is 2.08. The van der Waals surface area contributed by atoms with E-state index in [0.717, 1.165) is 16.8 Å². The van der Waals surface area contributed by atoms with Gasteiger partial charge in [-0.2, -0.15) is 5.10 Å². The van der Waals surface area contributed by atoms with Crippen molar-refractivity contribution >= 4 is 0 Å². The highest BCUT2D eigenvalue weighted by molar-refractivity contribution is 5.69. The predicted octanol–water partition coefficient (Wildman–Crippen LogP) is 3.95. The van der Waals surface area contributed by atoms with Gasteiger partial charge >= 0.3 is 0 Å². The van der Waals surface area contributed by atoms with Gasteiger partial charge in [-0.05, 0) is 30.5 Å². The van der Waals surface area contributed by atoms with Crippen molar-refractivity contribution in [3.63, 3.8) is 0 Å². The monoisotopic (exact) mass is 261 g/mol. The topological polar surface area (TPSA) is 30.7 Å². The zero-order chi connectivity index (χ0) is 13.4. The lowest BCUT2D eigenvalue weighted by Crippen LogP contribution is -1.91. The zero-order valence-corrected chi connectivity index (χ0v) is 11.1. The first-order valence-corrected chi connectivity index (χ1v) is 6.96. The number of nitrogens with zero attached hydrogens (tertiary/aromatic N) is 3. The molecule has 0 spiro atoms. The van der Waals surface area contributed by atoms with E-state index in [1.165, 1.54) is 18.4 Å². The van der Waals surface area contributed by atoms with Gasteiger partial charge in [-0.25, -0.2) is 0 Å². The van der Waals surface area contributed by atoms with Crippen LogP contribution in [0, 0.1) is 0 Å². The van der Waals surface area contributed by atoms with E-state index in [2.05, 4.69) is 39.2 Å². The molecule has 0 N–H and O–H groups in total. The number of aromatic nitrogens is 3. The van der Waals surface area contributed by atoms with Crippen molar-refractivity contribution < 1.29 is 0 Å². The van der Waals surface area contributed by atoms with E-state index < -0.39 is 0 Å². The maximum absolute atomic E-state index is 4.46. The second-order valence-electron chi connectivity index (χ2n) is 5.24. The Morgan fingerprint density at radius 1 is 0.950 bits per heavy atom. The fourth-order valence-electron chi connectivity index (χ4n) is 2.40. The molecule has 0 radical (unpaired) electrons. The summed E-state index contributed by atoms with van der Waals surface area (Å²) in [5, 5.41) is 4.45. The van der Waals surface area contributed by atoms with E-state index >= 15 is 0 Å². The summed E-state index contributed by atoms with van der Waals surface area (Å²) in [4.78, 5) is 4.46. The average Bonchev–Trinajstić information content (AvgIpc) is 3.26. The van der Waals surface area contributed by atoms with Gasteiger partial charge in [0.1, 0.15) is 0 Å². The minimum atomic E-state index is 0.624. The molecular formula is C17H15N3. The van der Waals surface area contributed by atoms with Gasteiger partial charge < -0.3 is 0 Å². The van der Waals surface area contributed by atoms with Crippen LogP contribution in [-0.4, -0.2) is 14.8 Å². The Labute approximate surface area is 117 Å². The van der Waals surface area contributed by atoms with Crippen LogP contribution in [0.5, 0.6) is 0 Å². The van der Waals surface area contributed by atoms with E-state index in [-0.39, 0.29) is 0 Å². The second-order valence-corrected chi connectivity index (χ2v) is 5.24. The lowest BCUT2D eigenvalue weighted by atomic mass is 10.1. The van der Waals surface area contributed by atoms with Crippen molar-refractivity contribution in [2.45, 2.75) is 18.9 Å². The van der Waals surface area contributed by atoms with Crippen LogP contribution in [0.4, 0.5) is 0 Å². The quantitative estimate of drug-likeness (QED) is 0.714. The van der Waals surface area contributed by atoms with Crippen LogP contribution in [-0.2, 0) is 0 Å². The van der Waals surface area contributed by atoms with Gasteiger partial charge in [0.2, 0.25) is 0 Å². The van der Waals surface area contributed by atoms with Gasteiger partial charge in [0.25, 0.3) is 0 Å². The van der Waals surface area contributed by atoms with E-state index in [4.69, 9.17) is 0 Å². The van der Waals surface area contributed by atoms with Gasteiger partial charge in [-0.15, -0.1) is 0 Å². The SMILES string of the molecule is c1ccc(-c2cc(-c3cnn(C4CC4)c3)ccn2)cc1. The van der Waals surface area contributed by atoms with Gasteiger partial charge in [0.15, 0.2) is 0 Å². The Balaban J connectivity index is 1.71. The number of pyridine rings is 1. The Hall–Kier alpha value is -2.42. The first kappa shape index (κ1) is 11.4. The molecule has 1 aliphatic rings. The molecule has 3 heteroatoms. The van der Waals surface area contributed by atoms with Crippen molar-refractivity contribution in [2.75, 3.05) is 0 Å². The molecule has 4 rings (SSSR count). The Morgan fingerprint density at radius 2 is 1.80 bits per heavy atom. The molecular weight excluding hydrogens is 246 g/mol. The molecule has 2 heterocycles. The predicted molar refractivity (Wildman–Crippen MR) is 79.2 cm³/mol. The lowest BCUT2D eigenvalue weighted by Gasteiger charge is -2.03. The normalized spacial score (nSPS) is 14.4. The molecule has 1 fully saturated rings. The summed E-state index contributed by atoms with van der Waals surface area (Å²) in [5.41, 5.74) is 4.48. The highest BCUT2D eigenvalue weighted by atomic mass is 15.3. The number of hydrogen-bond acceptors (Lipinski definition) is 2. The van der Waals surface area contributed by atoms with Crippen LogP contribution < -0.4 is 0 Å². The van der Waals surface area contributed by atoms with Crippen LogP contribution in [0.3, 0.4) is 0 Å². The van der Waals surface area contributed by atoms with Gasteiger partial charge in [-0.1, -0.05) is 30.3 Å². The van der Waals surface area contributed by atoms with Crippen LogP contribution in [0.25, 0.3) is 22.4 Å². The molecule has 0 amide bonds. The largest absolute Gasteiger partial charge is 0.269 e. The number of rotatable bonds is 3. The summed E-state index contributed by atoms with van der Waals surface area (Å²) in [6.07, 6.45) is 8.47. The Bertz CT molecular complexity index is 727. The summed E-state index contributed by atoms with van der Waals surface area (Å²) in [6.45, 7) is 0. The lowest BCUT2D eigenvalue weighted by molar-refractivity contribution is 0.642. The molecule has 3 aromatic rings. The number of hydrogen-bond donors (Lipinski definition) is 0. The van der Waals surface area contributed by atoms with Gasteiger partial charge in [0, 0.05) is 23.5 Å². The highest BCUT2D eigenvalue weighted by Gasteiger charge is 2.24. The summed E-state index contributed by atoms with van der Waals surface area (Å²) in [7, 11) is 0. The highest BCUT2D eigenvalue weighted by Crippen LogP contribution is 2.35. The third-order valence-corrected chi connectivity index (χ3v) is 3.69. The molecule has 1 aromatic carbocycles. The van der Waals surface area contributed by atoms with Crippen molar-refractivity contribution in [1.29, 1.82) is 0 Å². The first-order chi connectivity index (χ1) is 9.90. The molecule has 0 atom stereocenters. The van der Waals surface area contributed by atoms with E-state index in [0.29, 0.717) is 6.04 Å². The summed E-state index contributed by atoms with van der Waals surface area (Å²) in [6, 6.07) is 15.1. The van der Waals surface area contributed by atoms with Crippen molar-refractivity contribution in [3.8, 4) is 22.4 Å². The molecule has 20 heavy (non-hydrogen) atoms. The Morgan fingerprint density at radius 3 is 2.60 bits per heavy atom. The Kier molecular flexibility index (Phi) is 2.62. The molecule has 1 saturated carbocycles. The van der Waals surface area contributed by atoms with Crippen LogP contribution >= 0.6 is 0 Å². The van der Waals surface area contributed by atoms with E-state index in [9.17, 15) is 0 Å². The number of benzene rings is 1. The molecule has 0 bridgehead atoms. The zero-order valence-electron chi connectivity index (χ0n) is 11.1. The van der Waals surface area contributed by atoms with E-state index in [1.807, 2.05) is 36.7 Å². The van der Waals surface area contributed by atoms with E-state index in [1.54, 1.807) is 0 Å². The third kappa shape index (κ3) is 2.11. The van der Waals surface area contributed by atoms with Crippen molar-refractivity contribution in [1.82, 2.24) is 14.8 Å². The maximum Gasteiger partial charge on any atom is 0.0708 e. The molecule has 0 saturated heterocycles. The molecule has 98 valence electrons.